The maximum atomic E-state index is 12.8. The third-order valence-corrected chi connectivity index (χ3v) is 6.72. The van der Waals surface area contributed by atoms with E-state index in [4.69, 9.17) is 4.74 Å². The molecule has 1 N–H and O–H groups in total. The highest BCUT2D eigenvalue weighted by Gasteiger charge is 2.32. The molecule has 3 aromatic rings. The largest absolute Gasteiger partial charge is 0.448 e. The summed E-state index contributed by atoms with van der Waals surface area (Å²) in [7, 11) is 0. The van der Waals surface area contributed by atoms with Crippen molar-refractivity contribution < 1.29 is 14.6 Å². The number of ether oxygens (including phenoxy) is 1. The minimum absolute atomic E-state index is 0.0776. The lowest BCUT2D eigenvalue weighted by Crippen LogP contribution is -2.40. The SMILES string of the molecule is O=C(OCC1c2ccccc2-c2ccccc21)N1CCC(C(O)c2ccccc2)CC1. The molecule has 31 heavy (non-hydrogen) atoms. The van der Waals surface area contributed by atoms with Gasteiger partial charge >= 0.3 is 6.09 Å². The summed E-state index contributed by atoms with van der Waals surface area (Å²) in [4.78, 5) is 14.5. The molecule has 0 saturated carbocycles. The van der Waals surface area contributed by atoms with Crippen molar-refractivity contribution in [1.29, 1.82) is 0 Å². The predicted molar refractivity (Wildman–Crippen MR) is 121 cm³/mol. The Morgan fingerprint density at radius 2 is 1.42 bits per heavy atom. The predicted octanol–water partition coefficient (Wildman–Crippen LogP) is 5.38. The van der Waals surface area contributed by atoms with Crippen molar-refractivity contribution in [3.8, 4) is 11.1 Å². The van der Waals surface area contributed by atoms with Crippen molar-refractivity contribution in [1.82, 2.24) is 4.90 Å². The Balaban J connectivity index is 1.20. The van der Waals surface area contributed by atoms with E-state index in [2.05, 4.69) is 36.4 Å². The molecule has 5 rings (SSSR count). The van der Waals surface area contributed by atoms with Gasteiger partial charge in [-0.25, -0.2) is 4.79 Å². The molecule has 4 nitrogen and oxygen atoms in total. The van der Waals surface area contributed by atoms with Crippen LogP contribution in [0.3, 0.4) is 0 Å². The van der Waals surface area contributed by atoms with E-state index in [0.717, 1.165) is 18.4 Å². The molecule has 1 heterocycles. The molecule has 1 atom stereocenters. The van der Waals surface area contributed by atoms with Gasteiger partial charge in [0, 0.05) is 19.0 Å². The van der Waals surface area contributed by atoms with Crippen LogP contribution in [0.5, 0.6) is 0 Å². The summed E-state index contributed by atoms with van der Waals surface area (Å²) in [5, 5.41) is 10.7. The first-order valence-corrected chi connectivity index (χ1v) is 11.1. The summed E-state index contributed by atoms with van der Waals surface area (Å²) in [5.41, 5.74) is 5.86. The van der Waals surface area contributed by atoms with Crippen LogP contribution >= 0.6 is 0 Å². The molecule has 158 valence electrons. The zero-order valence-electron chi connectivity index (χ0n) is 17.5. The van der Waals surface area contributed by atoms with Gasteiger partial charge in [0.2, 0.25) is 0 Å². The summed E-state index contributed by atoms with van der Waals surface area (Å²) in [6.07, 6.45) is 0.820. The number of likely N-dealkylation sites (tertiary alicyclic amines) is 1. The highest BCUT2D eigenvalue weighted by Crippen LogP contribution is 2.44. The Kier molecular flexibility index (Phi) is 5.47. The van der Waals surface area contributed by atoms with Crippen molar-refractivity contribution in [2.75, 3.05) is 19.7 Å². The van der Waals surface area contributed by atoms with Gasteiger partial charge in [0.05, 0.1) is 6.10 Å². The number of carbonyl (C=O) groups is 1. The topological polar surface area (TPSA) is 49.8 Å². The molecule has 0 spiro atoms. The monoisotopic (exact) mass is 413 g/mol. The van der Waals surface area contributed by atoms with Crippen molar-refractivity contribution in [3.05, 3.63) is 95.6 Å². The fourth-order valence-corrected chi connectivity index (χ4v) is 5.01. The number of carbonyl (C=O) groups excluding carboxylic acids is 1. The van der Waals surface area contributed by atoms with Gasteiger partial charge in [-0.1, -0.05) is 78.9 Å². The van der Waals surface area contributed by atoms with Crippen molar-refractivity contribution in [2.45, 2.75) is 24.9 Å². The van der Waals surface area contributed by atoms with Crippen LogP contribution in [-0.2, 0) is 4.74 Å². The van der Waals surface area contributed by atoms with Gasteiger partial charge in [-0.2, -0.15) is 0 Å². The lowest BCUT2D eigenvalue weighted by Gasteiger charge is -2.34. The minimum atomic E-state index is -0.481. The van der Waals surface area contributed by atoms with Crippen molar-refractivity contribution in [2.24, 2.45) is 5.92 Å². The van der Waals surface area contributed by atoms with Gasteiger partial charge < -0.3 is 14.7 Å². The van der Waals surface area contributed by atoms with Gasteiger partial charge in [-0.05, 0) is 46.6 Å². The number of hydrogen-bond donors (Lipinski definition) is 1. The van der Waals surface area contributed by atoms with Crippen LogP contribution in [0.25, 0.3) is 11.1 Å². The van der Waals surface area contributed by atoms with Crippen LogP contribution in [0.15, 0.2) is 78.9 Å². The first-order chi connectivity index (χ1) is 15.2. The number of rotatable bonds is 4. The highest BCUT2D eigenvalue weighted by atomic mass is 16.6. The van der Waals surface area contributed by atoms with E-state index in [1.54, 1.807) is 4.90 Å². The van der Waals surface area contributed by atoms with E-state index in [1.165, 1.54) is 22.3 Å². The second-order valence-corrected chi connectivity index (χ2v) is 8.48. The molecule has 3 aromatic carbocycles. The number of aliphatic hydroxyl groups excluding tert-OH is 1. The molecule has 0 aromatic heterocycles. The molecule has 2 aliphatic rings. The van der Waals surface area contributed by atoms with Crippen LogP contribution in [0, 0.1) is 5.92 Å². The highest BCUT2D eigenvalue weighted by molar-refractivity contribution is 5.79. The first-order valence-electron chi connectivity index (χ1n) is 11.1. The molecule has 1 aliphatic carbocycles. The van der Waals surface area contributed by atoms with Gasteiger partial charge in [-0.3, -0.25) is 0 Å². The second kappa shape index (κ2) is 8.56. The number of hydrogen-bond acceptors (Lipinski definition) is 3. The minimum Gasteiger partial charge on any atom is -0.448 e. The smallest absolute Gasteiger partial charge is 0.409 e. The van der Waals surface area contributed by atoms with Gasteiger partial charge in [0.1, 0.15) is 6.61 Å². The summed E-state index contributed by atoms with van der Waals surface area (Å²) in [6.45, 7) is 1.58. The third kappa shape index (κ3) is 3.84. The van der Waals surface area contributed by atoms with E-state index < -0.39 is 6.10 Å². The fraction of sp³-hybridized carbons (Fsp3) is 0.296. The number of amides is 1. The van der Waals surface area contributed by atoms with E-state index in [1.807, 2.05) is 42.5 Å². The van der Waals surface area contributed by atoms with Gasteiger partial charge in [0.25, 0.3) is 0 Å². The summed E-state index contributed by atoms with van der Waals surface area (Å²) in [5.74, 6) is 0.244. The molecule has 0 bridgehead atoms. The molecule has 1 fully saturated rings. The van der Waals surface area contributed by atoms with E-state index in [9.17, 15) is 9.90 Å². The molecule has 0 radical (unpaired) electrons. The Hall–Kier alpha value is -3.11. The summed E-state index contributed by atoms with van der Waals surface area (Å²) >= 11 is 0. The Morgan fingerprint density at radius 1 is 0.871 bits per heavy atom. The van der Waals surface area contributed by atoms with Gasteiger partial charge in [-0.15, -0.1) is 0 Å². The average Bonchev–Trinajstić information content (AvgIpc) is 3.16. The van der Waals surface area contributed by atoms with E-state index in [-0.39, 0.29) is 17.9 Å². The van der Waals surface area contributed by atoms with Gasteiger partial charge in [0.15, 0.2) is 0 Å². The number of piperidine rings is 1. The molecular formula is C27H27NO3. The Bertz CT molecular complexity index is 1010. The molecule has 1 saturated heterocycles. The standard InChI is InChI=1S/C27H27NO3/c29-26(19-8-2-1-3-9-19)20-14-16-28(17-15-20)27(30)31-18-25-23-12-6-4-10-21(23)22-11-5-7-13-24(22)25/h1-13,20,25-26,29H,14-18H2. The summed E-state index contributed by atoms with van der Waals surface area (Å²) in [6, 6.07) is 26.5. The van der Waals surface area contributed by atoms with Crippen LogP contribution < -0.4 is 0 Å². The van der Waals surface area contributed by atoms with Crippen molar-refractivity contribution in [3.63, 3.8) is 0 Å². The zero-order chi connectivity index (χ0) is 21.2. The zero-order valence-corrected chi connectivity index (χ0v) is 17.5. The second-order valence-electron chi connectivity index (χ2n) is 8.48. The molecular weight excluding hydrogens is 386 g/mol. The first kappa shape index (κ1) is 19.8. The quantitative estimate of drug-likeness (QED) is 0.625. The normalized spacial score (nSPS) is 17.1. The van der Waals surface area contributed by atoms with Crippen LogP contribution in [0.2, 0.25) is 0 Å². The maximum absolute atomic E-state index is 12.8. The number of aliphatic hydroxyl groups is 1. The Labute approximate surface area is 183 Å². The Morgan fingerprint density at radius 3 is 2.03 bits per heavy atom. The summed E-state index contributed by atoms with van der Waals surface area (Å²) < 4.78 is 5.78. The third-order valence-electron chi connectivity index (χ3n) is 6.72. The van der Waals surface area contributed by atoms with E-state index in [0.29, 0.717) is 19.7 Å². The number of fused-ring (bicyclic) bond motifs is 3. The van der Waals surface area contributed by atoms with E-state index >= 15 is 0 Å². The average molecular weight is 414 g/mol. The number of nitrogens with zero attached hydrogens (tertiary/aromatic N) is 1. The lowest BCUT2D eigenvalue weighted by atomic mass is 9.87. The fourth-order valence-electron chi connectivity index (χ4n) is 5.01. The van der Waals surface area contributed by atoms with Crippen LogP contribution in [0.1, 0.15) is 41.6 Å². The molecule has 1 aliphatic heterocycles. The van der Waals surface area contributed by atoms with Crippen LogP contribution in [-0.4, -0.2) is 35.8 Å². The number of benzene rings is 3. The van der Waals surface area contributed by atoms with Crippen LogP contribution in [0.4, 0.5) is 4.79 Å². The molecule has 1 unspecified atom stereocenters. The van der Waals surface area contributed by atoms with Crippen molar-refractivity contribution >= 4 is 6.09 Å². The lowest BCUT2D eigenvalue weighted by molar-refractivity contribution is 0.0464. The maximum Gasteiger partial charge on any atom is 0.409 e. The molecule has 1 amide bonds. The molecule has 4 heteroatoms.